The molecule has 1 aliphatic carbocycles. The zero-order valence-corrected chi connectivity index (χ0v) is 20.6. The number of thiophene rings is 1. The van der Waals surface area contributed by atoms with Crippen LogP contribution < -0.4 is 5.32 Å². The van der Waals surface area contributed by atoms with Crippen molar-refractivity contribution in [2.45, 2.75) is 43.8 Å². The first-order chi connectivity index (χ1) is 16.0. The van der Waals surface area contributed by atoms with Crippen LogP contribution in [0.25, 0.3) is 0 Å². The molecule has 0 unspecified atom stereocenters. The number of nitrogens with zero attached hydrogens (tertiary/aromatic N) is 2. The highest BCUT2D eigenvalue weighted by atomic mass is 32.2. The molecule has 3 aromatic rings. The molecule has 1 N–H and O–H groups in total. The van der Waals surface area contributed by atoms with Gasteiger partial charge in [-0.1, -0.05) is 30.3 Å². The molecule has 1 heterocycles. The van der Waals surface area contributed by atoms with Crippen LogP contribution in [0.15, 0.2) is 71.6 Å². The maximum Gasteiger partial charge on any atom is 0.322 e. The van der Waals surface area contributed by atoms with Gasteiger partial charge in [-0.15, -0.1) is 23.1 Å². The normalized spacial score (nSPS) is 12.9. The average molecular weight is 480 g/mol. The predicted molar refractivity (Wildman–Crippen MR) is 137 cm³/mol. The summed E-state index contributed by atoms with van der Waals surface area (Å²) in [6.07, 6.45) is 3.90. The topological polar surface area (TPSA) is 52.7 Å². The Balaban J connectivity index is 1.46. The van der Waals surface area contributed by atoms with E-state index >= 15 is 0 Å². The van der Waals surface area contributed by atoms with Gasteiger partial charge in [0.05, 0.1) is 6.54 Å². The first-order valence-corrected chi connectivity index (χ1v) is 13.1. The van der Waals surface area contributed by atoms with Gasteiger partial charge in [-0.25, -0.2) is 4.79 Å². The van der Waals surface area contributed by atoms with Crippen molar-refractivity contribution in [2.75, 3.05) is 18.1 Å². The van der Waals surface area contributed by atoms with Crippen LogP contribution in [-0.4, -0.2) is 40.6 Å². The molecule has 7 heteroatoms. The fourth-order valence-electron chi connectivity index (χ4n) is 3.66. The number of hydrogen-bond acceptors (Lipinski definition) is 4. The molecule has 0 saturated heterocycles. The monoisotopic (exact) mass is 479 g/mol. The molecule has 33 heavy (non-hydrogen) atoms. The third-order valence-electron chi connectivity index (χ3n) is 5.61. The van der Waals surface area contributed by atoms with Gasteiger partial charge in [0.2, 0.25) is 5.91 Å². The lowest BCUT2D eigenvalue weighted by molar-refractivity contribution is -0.133. The Labute approximate surface area is 203 Å². The van der Waals surface area contributed by atoms with Crippen LogP contribution in [0, 0.1) is 6.92 Å². The van der Waals surface area contributed by atoms with Crippen LogP contribution in [-0.2, 0) is 17.9 Å². The maximum absolute atomic E-state index is 13.4. The molecule has 1 fully saturated rings. The number of nitrogens with one attached hydrogen (secondary N) is 1. The number of benzene rings is 2. The van der Waals surface area contributed by atoms with E-state index in [0.29, 0.717) is 13.1 Å². The second kappa shape index (κ2) is 10.9. The molecule has 0 aliphatic heterocycles. The SMILES string of the molecule is CSc1ccc(NC(=O)N(CC(=O)N(Cc2ccccc2)Cc2ccc(C)s2)C2CC2)cc1. The number of anilines is 1. The summed E-state index contributed by atoms with van der Waals surface area (Å²) in [5.41, 5.74) is 1.82. The van der Waals surface area contributed by atoms with E-state index in [-0.39, 0.29) is 24.5 Å². The number of hydrogen-bond donors (Lipinski definition) is 1. The fraction of sp³-hybridized carbons (Fsp3) is 0.308. The Hall–Kier alpha value is -2.77. The zero-order chi connectivity index (χ0) is 23.2. The van der Waals surface area contributed by atoms with Crippen LogP contribution in [0.1, 0.15) is 28.2 Å². The highest BCUT2D eigenvalue weighted by molar-refractivity contribution is 7.98. The molecule has 4 rings (SSSR count). The molecular weight excluding hydrogens is 450 g/mol. The highest BCUT2D eigenvalue weighted by Crippen LogP contribution is 2.28. The first-order valence-electron chi connectivity index (χ1n) is 11.1. The van der Waals surface area contributed by atoms with Crippen molar-refractivity contribution in [3.63, 3.8) is 0 Å². The smallest absolute Gasteiger partial charge is 0.322 e. The van der Waals surface area contributed by atoms with Gasteiger partial charge in [-0.2, -0.15) is 0 Å². The third-order valence-corrected chi connectivity index (χ3v) is 7.34. The van der Waals surface area contributed by atoms with Crippen LogP contribution in [0.4, 0.5) is 10.5 Å². The highest BCUT2D eigenvalue weighted by Gasteiger charge is 2.35. The molecule has 0 bridgehead atoms. The second-order valence-electron chi connectivity index (χ2n) is 8.27. The Bertz CT molecular complexity index is 1080. The Kier molecular flexibility index (Phi) is 7.73. The van der Waals surface area contributed by atoms with Gasteiger partial charge < -0.3 is 15.1 Å². The van der Waals surface area contributed by atoms with Crippen molar-refractivity contribution in [3.8, 4) is 0 Å². The van der Waals surface area contributed by atoms with E-state index < -0.39 is 0 Å². The number of aryl methyl sites for hydroxylation is 1. The lowest BCUT2D eigenvalue weighted by Gasteiger charge is -2.28. The van der Waals surface area contributed by atoms with E-state index in [1.54, 1.807) is 28.0 Å². The summed E-state index contributed by atoms with van der Waals surface area (Å²) < 4.78 is 0. The molecular formula is C26H29N3O2S2. The zero-order valence-electron chi connectivity index (χ0n) is 19.0. The molecule has 0 atom stereocenters. The molecule has 1 aliphatic rings. The minimum Gasteiger partial charge on any atom is -0.332 e. The van der Waals surface area contributed by atoms with Crippen molar-refractivity contribution < 1.29 is 9.59 Å². The van der Waals surface area contributed by atoms with Crippen molar-refractivity contribution >= 4 is 40.7 Å². The second-order valence-corrected chi connectivity index (χ2v) is 10.5. The number of carbonyl (C=O) groups is 2. The number of thioether (sulfide) groups is 1. The van der Waals surface area contributed by atoms with Gasteiger partial charge in [-0.05, 0) is 68.0 Å². The lowest BCUT2D eigenvalue weighted by atomic mass is 10.2. The molecule has 1 aromatic heterocycles. The largest absolute Gasteiger partial charge is 0.332 e. The molecule has 1 saturated carbocycles. The summed E-state index contributed by atoms with van der Waals surface area (Å²) in [4.78, 5) is 33.6. The van der Waals surface area contributed by atoms with Gasteiger partial charge in [-0.3, -0.25) is 4.79 Å². The van der Waals surface area contributed by atoms with E-state index in [1.807, 2.05) is 65.8 Å². The summed E-state index contributed by atoms with van der Waals surface area (Å²) in [7, 11) is 0. The predicted octanol–water partition coefficient (Wildman–Crippen LogP) is 6.00. The average Bonchev–Trinajstić information content (AvgIpc) is 3.59. The fourth-order valence-corrected chi connectivity index (χ4v) is 4.98. The molecule has 5 nitrogen and oxygen atoms in total. The van der Waals surface area contributed by atoms with Gasteiger partial charge in [0.25, 0.3) is 0 Å². The summed E-state index contributed by atoms with van der Waals surface area (Å²) >= 11 is 3.36. The van der Waals surface area contributed by atoms with Crippen LogP contribution in [0.2, 0.25) is 0 Å². The number of carbonyl (C=O) groups excluding carboxylic acids is 2. The first kappa shape index (κ1) is 23.4. The van der Waals surface area contributed by atoms with E-state index in [4.69, 9.17) is 0 Å². The van der Waals surface area contributed by atoms with Crippen molar-refractivity contribution in [1.82, 2.24) is 9.80 Å². The molecule has 2 aromatic carbocycles. The van der Waals surface area contributed by atoms with Crippen LogP contribution in [0.5, 0.6) is 0 Å². The van der Waals surface area contributed by atoms with Crippen LogP contribution in [0.3, 0.4) is 0 Å². The van der Waals surface area contributed by atoms with Crippen molar-refractivity contribution in [3.05, 3.63) is 82.0 Å². The molecule has 0 radical (unpaired) electrons. The number of amides is 3. The Morgan fingerprint density at radius 1 is 1.00 bits per heavy atom. The Morgan fingerprint density at radius 3 is 2.33 bits per heavy atom. The van der Waals surface area contributed by atoms with E-state index in [2.05, 4.69) is 24.4 Å². The Morgan fingerprint density at radius 2 is 1.73 bits per heavy atom. The van der Waals surface area contributed by atoms with E-state index in [0.717, 1.165) is 33.9 Å². The molecule has 0 spiro atoms. The van der Waals surface area contributed by atoms with Gasteiger partial charge in [0.1, 0.15) is 6.54 Å². The summed E-state index contributed by atoms with van der Waals surface area (Å²) in [5.74, 6) is -0.0373. The standard InChI is InChI=1S/C26H29N3O2S2/c1-19-8-13-24(33-19)17-28(16-20-6-4-3-5-7-20)25(30)18-29(22-11-12-22)26(31)27-21-9-14-23(32-2)15-10-21/h3-10,13-15,22H,11-12,16-18H2,1-2H3,(H,27,31). The van der Waals surface area contributed by atoms with Crippen molar-refractivity contribution in [1.29, 1.82) is 0 Å². The van der Waals surface area contributed by atoms with E-state index in [9.17, 15) is 9.59 Å². The lowest BCUT2D eigenvalue weighted by Crippen LogP contribution is -2.45. The van der Waals surface area contributed by atoms with E-state index in [1.165, 1.54) is 4.88 Å². The minimum absolute atomic E-state index is 0.0373. The van der Waals surface area contributed by atoms with Gasteiger partial charge in [0, 0.05) is 32.9 Å². The minimum atomic E-state index is -0.214. The quantitative estimate of drug-likeness (QED) is 0.383. The molecule has 172 valence electrons. The summed E-state index contributed by atoms with van der Waals surface area (Å²) in [5, 5.41) is 2.97. The van der Waals surface area contributed by atoms with Gasteiger partial charge >= 0.3 is 6.03 Å². The van der Waals surface area contributed by atoms with Gasteiger partial charge in [0.15, 0.2) is 0 Å². The summed E-state index contributed by atoms with van der Waals surface area (Å²) in [6.45, 7) is 3.22. The van der Waals surface area contributed by atoms with Crippen molar-refractivity contribution in [2.24, 2.45) is 0 Å². The third kappa shape index (κ3) is 6.62. The maximum atomic E-state index is 13.4. The number of rotatable bonds is 9. The summed E-state index contributed by atoms with van der Waals surface area (Å²) in [6, 6.07) is 21.8. The van der Waals surface area contributed by atoms with Crippen LogP contribution >= 0.6 is 23.1 Å². The number of urea groups is 1. The molecule has 3 amide bonds.